The molecule has 22 heavy (non-hydrogen) atoms. The van der Waals surface area contributed by atoms with Crippen molar-refractivity contribution in [1.82, 2.24) is 20.2 Å². The summed E-state index contributed by atoms with van der Waals surface area (Å²) in [6.07, 6.45) is 0.832. The highest BCUT2D eigenvalue weighted by molar-refractivity contribution is 6.31. The maximum absolute atomic E-state index is 12.1. The smallest absolute Gasteiger partial charge is 0.258 e. The summed E-state index contributed by atoms with van der Waals surface area (Å²) >= 11 is 5.95. The number of carbonyl (C=O) groups is 1. The van der Waals surface area contributed by atoms with Crippen LogP contribution in [0.3, 0.4) is 0 Å². The molecular formula is C15H19ClN4O2. The van der Waals surface area contributed by atoms with Crippen LogP contribution in [-0.4, -0.2) is 40.9 Å². The summed E-state index contributed by atoms with van der Waals surface area (Å²) in [5, 5.41) is 3.84. The van der Waals surface area contributed by atoms with Gasteiger partial charge in [-0.1, -0.05) is 18.5 Å². The van der Waals surface area contributed by atoms with E-state index in [1.165, 1.54) is 0 Å². The van der Waals surface area contributed by atoms with Gasteiger partial charge in [0, 0.05) is 11.6 Å². The van der Waals surface area contributed by atoms with E-state index in [-0.39, 0.29) is 24.6 Å². The third-order valence-electron chi connectivity index (χ3n) is 3.23. The summed E-state index contributed by atoms with van der Waals surface area (Å²) in [5.41, 5.74) is 0.304. The van der Waals surface area contributed by atoms with E-state index < -0.39 is 0 Å². The van der Waals surface area contributed by atoms with Crippen LogP contribution in [0.5, 0.6) is 0 Å². The molecule has 0 radical (unpaired) electrons. The van der Waals surface area contributed by atoms with E-state index in [0.717, 1.165) is 6.42 Å². The van der Waals surface area contributed by atoms with Gasteiger partial charge in [-0.05, 0) is 31.7 Å². The van der Waals surface area contributed by atoms with Crippen molar-refractivity contribution in [1.29, 1.82) is 0 Å². The lowest BCUT2D eigenvalue weighted by Crippen LogP contribution is -2.38. The first kappa shape index (κ1) is 16.5. The molecule has 2 rings (SSSR count). The second-order valence-corrected chi connectivity index (χ2v) is 5.46. The van der Waals surface area contributed by atoms with Crippen LogP contribution in [0.15, 0.2) is 23.0 Å². The van der Waals surface area contributed by atoms with Gasteiger partial charge in [-0.25, -0.2) is 4.98 Å². The van der Waals surface area contributed by atoms with E-state index in [1.807, 2.05) is 6.92 Å². The van der Waals surface area contributed by atoms with Gasteiger partial charge in [-0.3, -0.25) is 9.59 Å². The van der Waals surface area contributed by atoms with Crippen molar-refractivity contribution in [3.8, 4) is 0 Å². The molecule has 0 aliphatic carbocycles. The molecule has 0 aliphatic heterocycles. The summed E-state index contributed by atoms with van der Waals surface area (Å²) in [6.45, 7) is 3.13. The molecule has 0 unspecified atom stereocenters. The van der Waals surface area contributed by atoms with Crippen molar-refractivity contribution in [3.63, 3.8) is 0 Å². The zero-order valence-electron chi connectivity index (χ0n) is 12.6. The fraction of sp³-hybridized carbons (Fsp3) is 0.400. The van der Waals surface area contributed by atoms with Gasteiger partial charge in [0.15, 0.2) is 0 Å². The number of aromatic amines is 1. The van der Waals surface area contributed by atoms with Crippen molar-refractivity contribution in [3.05, 3.63) is 39.4 Å². The predicted molar refractivity (Wildman–Crippen MR) is 87.0 cm³/mol. The fourth-order valence-electron chi connectivity index (χ4n) is 2.24. The number of likely N-dealkylation sites (N-methyl/N-ethyl adjacent to an activating group) is 1. The van der Waals surface area contributed by atoms with Gasteiger partial charge < -0.3 is 15.2 Å². The number of amides is 1. The first-order chi connectivity index (χ1) is 10.5. The van der Waals surface area contributed by atoms with Gasteiger partial charge in [0.25, 0.3) is 5.56 Å². The predicted octanol–water partition coefficient (Wildman–Crippen LogP) is 1.53. The second kappa shape index (κ2) is 7.38. The number of nitrogens with zero attached hydrogens (tertiary/aromatic N) is 2. The second-order valence-electron chi connectivity index (χ2n) is 5.02. The Labute approximate surface area is 133 Å². The SMILES string of the molecule is CCCN(Cc1nc2cc(Cl)ccc2c(=O)[nH]1)C(=O)CNC. The molecule has 1 aromatic carbocycles. The van der Waals surface area contributed by atoms with E-state index in [9.17, 15) is 9.59 Å². The summed E-state index contributed by atoms with van der Waals surface area (Å²) in [6, 6.07) is 4.94. The van der Waals surface area contributed by atoms with Crippen molar-refractivity contribution >= 4 is 28.4 Å². The van der Waals surface area contributed by atoms with E-state index >= 15 is 0 Å². The Balaban J connectivity index is 2.32. The number of hydrogen-bond acceptors (Lipinski definition) is 4. The maximum atomic E-state index is 12.1. The molecule has 1 amide bonds. The lowest BCUT2D eigenvalue weighted by molar-refractivity contribution is -0.130. The van der Waals surface area contributed by atoms with Crippen LogP contribution in [0.25, 0.3) is 10.9 Å². The minimum Gasteiger partial charge on any atom is -0.334 e. The number of fused-ring (bicyclic) bond motifs is 1. The number of rotatable bonds is 6. The van der Waals surface area contributed by atoms with Gasteiger partial charge in [0.1, 0.15) is 5.82 Å². The van der Waals surface area contributed by atoms with Gasteiger partial charge in [0.2, 0.25) is 5.91 Å². The zero-order chi connectivity index (χ0) is 16.1. The number of nitrogens with one attached hydrogen (secondary N) is 2. The highest BCUT2D eigenvalue weighted by Crippen LogP contribution is 2.15. The molecule has 1 aromatic heterocycles. The highest BCUT2D eigenvalue weighted by Gasteiger charge is 2.14. The molecule has 2 N–H and O–H groups in total. The Hall–Kier alpha value is -1.92. The first-order valence-corrected chi connectivity index (χ1v) is 7.53. The van der Waals surface area contributed by atoms with E-state index in [2.05, 4.69) is 15.3 Å². The van der Waals surface area contributed by atoms with Gasteiger partial charge in [-0.15, -0.1) is 0 Å². The average Bonchev–Trinajstić information content (AvgIpc) is 2.46. The zero-order valence-corrected chi connectivity index (χ0v) is 13.4. The number of benzene rings is 1. The summed E-state index contributed by atoms with van der Waals surface area (Å²) in [4.78, 5) is 33.0. The third kappa shape index (κ3) is 3.84. The quantitative estimate of drug-likeness (QED) is 0.845. The first-order valence-electron chi connectivity index (χ1n) is 7.16. The third-order valence-corrected chi connectivity index (χ3v) is 3.47. The van der Waals surface area contributed by atoms with Crippen LogP contribution in [0.4, 0.5) is 0 Å². The average molecular weight is 323 g/mol. The Morgan fingerprint density at radius 3 is 2.91 bits per heavy atom. The van der Waals surface area contributed by atoms with Crippen molar-refractivity contribution in [2.24, 2.45) is 0 Å². The monoisotopic (exact) mass is 322 g/mol. The molecule has 0 bridgehead atoms. The van der Waals surface area contributed by atoms with E-state index in [4.69, 9.17) is 11.6 Å². The molecule has 1 heterocycles. The summed E-state index contributed by atoms with van der Waals surface area (Å²) in [5.74, 6) is 0.427. The Morgan fingerprint density at radius 1 is 1.45 bits per heavy atom. The molecular weight excluding hydrogens is 304 g/mol. The molecule has 0 fully saturated rings. The largest absolute Gasteiger partial charge is 0.334 e. The lowest BCUT2D eigenvalue weighted by atomic mass is 10.2. The van der Waals surface area contributed by atoms with E-state index in [1.54, 1.807) is 30.1 Å². The lowest BCUT2D eigenvalue weighted by Gasteiger charge is -2.21. The fourth-order valence-corrected chi connectivity index (χ4v) is 2.41. The number of H-pyrrole nitrogens is 1. The molecule has 0 spiro atoms. The van der Waals surface area contributed by atoms with Crippen molar-refractivity contribution < 1.29 is 4.79 Å². The molecule has 118 valence electrons. The number of hydrogen-bond donors (Lipinski definition) is 2. The highest BCUT2D eigenvalue weighted by atomic mass is 35.5. The molecule has 0 saturated heterocycles. The number of halogens is 1. The molecule has 0 saturated carbocycles. The Kier molecular flexibility index (Phi) is 5.51. The van der Waals surface area contributed by atoms with Crippen LogP contribution in [0, 0.1) is 0 Å². The van der Waals surface area contributed by atoms with Crippen molar-refractivity contribution in [2.75, 3.05) is 20.1 Å². The topological polar surface area (TPSA) is 78.1 Å². The molecule has 7 heteroatoms. The van der Waals surface area contributed by atoms with Crippen LogP contribution in [0.1, 0.15) is 19.2 Å². The van der Waals surface area contributed by atoms with Crippen LogP contribution >= 0.6 is 11.6 Å². The minimum absolute atomic E-state index is 0.0295. The van der Waals surface area contributed by atoms with Crippen LogP contribution < -0.4 is 10.9 Å². The summed E-state index contributed by atoms with van der Waals surface area (Å²) in [7, 11) is 1.72. The maximum Gasteiger partial charge on any atom is 0.258 e. The van der Waals surface area contributed by atoms with Gasteiger partial charge in [0.05, 0.1) is 24.0 Å². The van der Waals surface area contributed by atoms with Gasteiger partial charge >= 0.3 is 0 Å². The Morgan fingerprint density at radius 2 is 2.23 bits per heavy atom. The number of aromatic nitrogens is 2. The molecule has 6 nitrogen and oxygen atoms in total. The standard InChI is InChI=1S/C15H19ClN4O2/c1-3-6-20(14(21)8-17-2)9-13-18-12-7-10(16)4-5-11(12)15(22)19-13/h4-5,7,17H,3,6,8-9H2,1-2H3,(H,18,19,22). The van der Waals surface area contributed by atoms with Crippen LogP contribution in [0.2, 0.25) is 5.02 Å². The molecule has 2 aromatic rings. The molecule has 0 atom stereocenters. The van der Waals surface area contributed by atoms with Crippen LogP contribution in [-0.2, 0) is 11.3 Å². The Bertz CT molecular complexity index is 729. The summed E-state index contributed by atoms with van der Waals surface area (Å²) < 4.78 is 0. The molecule has 0 aliphatic rings. The van der Waals surface area contributed by atoms with Gasteiger partial charge in [-0.2, -0.15) is 0 Å². The normalized spacial score (nSPS) is 10.9. The van der Waals surface area contributed by atoms with Crippen molar-refractivity contribution in [2.45, 2.75) is 19.9 Å². The van der Waals surface area contributed by atoms with E-state index in [0.29, 0.717) is 28.3 Å². The minimum atomic E-state index is -0.228. The number of carbonyl (C=O) groups excluding carboxylic acids is 1.